The number of nitrogens with one attached hydrogen (secondary N) is 1. The lowest BCUT2D eigenvalue weighted by Crippen LogP contribution is -2.39. The molecule has 2 aromatic carbocycles. The van der Waals surface area contributed by atoms with Crippen LogP contribution in [0.25, 0.3) is 0 Å². The number of para-hydroxylation sites is 1. The van der Waals surface area contributed by atoms with Gasteiger partial charge in [0.25, 0.3) is 0 Å². The van der Waals surface area contributed by atoms with Gasteiger partial charge in [-0.25, -0.2) is 0 Å². The lowest BCUT2D eigenvalue weighted by molar-refractivity contribution is -0.120. The minimum Gasteiger partial charge on any atom is -0.494 e. The molecular weight excluding hydrogens is 324 g/mol. The predicted octanol–water partition coefficient (Wildman–Crippen LogP) is 4.20. The van der Waals surface area contributed by atoms with Crippen LogP contribution < -0.4 is 10.1 Å². The Balaban J connectivity index is 1.94. The zero-order chi connectivity index (χ0) is 17.5. The molecule has 0 aromatic heterocycles. The van der Waals surface area contributed by atoms with Gasteiger partial charge in [-0.05, 0) is 50.7 Å². The SMILES string of the molecule is CCOc1ccc(CN(C)[C@@H](C)C(=O)Nc2ccccc2Cl)cc1. The maximum Gasteiger partial charge on any atom is 0.241 e. The van der Waals surface area contributed by atoms with Crippen molar-refractivity contribution in [3.8, 4) is 5.75 Å². The van der Waals surface area contributed by atoms with Gasteiger partial charge in [0.15, 0.2) is 0 Å². The summed E-state index contributed by atoms with van der Waals surface area (Å²) in [6, 6.07) is 14.9. The first-order valence-corrected chi connectivity index (χ1v) is 8.36. The Labute approximate surface area is 148 Å². The summed E-state index contributed by atoms with van der Waals surface area (Å²) in [5, 5.41) is 3.40. The quantitative estimate of drug-likeness (QED) is 0.817. The van der Waals surface area contributed by atoms with E-state index in [1.54, 1.807) is 12.1 Å². The Hall–Kier alpha value is -2.04. The van der Waals surface area contributed by atoms with Crippen molar-refractivity contribution in [2.75, 3.05) is 19.0 Å². The Morgan fingerprint density at radius 2 is 1.88 bits per heavy atom. The fourth-order valence-electron chi connectivity index (χ4n) is 2.28. The zero-order valence-electron chi connectivity index (χ0n) is 14.3. The first-order chi connectivity index (χ1) is 11.5. The molecule has 0 fully saturated rings. The highest BCUT2D eigenvalue weighted by molar-refractivity contribution is 6.33. The van der Waals surface area contributed by atoms with Gasteiger partial charge in [-0.2, -0.15) is 0 Å². The van der Waals surface area contributed by atoms with Crippen molar-refractivity contribution in [3.63, 3.8) is 0 Å². The molecule has 0 aliphatic carbocycles. The van der Waals surface area contributed by atoms with Crippen LogP contribution in [-0.2, 0) is 11.3 Å². The smallest absolute Gasteiger partial charge is 0.241 e. The molecule has 4 nitrogen and oxygen atoms in total. The molecule has 0 radical (unpaired) electrons. The molecule has 24 heavy (non-hydrogen) atoms. The Bertz CT molecular complexity index is 673. The molecule has 0 aliphatic rings. The van der Waals surface area contributed by atoms with Gasteiger partial charge in [-0.1, -0.05) is 35.9 Å². The summed E-state index contributed by atoms with van der Waals surface area (Å²) in [7, 11) is 1.92. The number of halogens is 1. The second-order valence-corrected chi connectivity index (χ2v) is 6.04. The summed E-state index contributed by atoms with van der Waals surface area (Å²) in [6.45, 7) is 5.16. The molecule has 1 atom stereocenters. The normalized spacial score (nSPS) is 12.0. The number of ether oxygens (including phenoxy) is 1. The van der Waals surface area contributed by atoms with E-state index in [9.17, 15) is 4.79 Å². The average molecular weight is 347 g/mol. The molecule has 2 aromatic rings. The van der Waals surface area contributed by atoms with Crippen LogP contribution in [0.2, 0.25) is 5.02 Å². The molecule has 2 rings (SSSR count). The summed E-state index contributed by atoms with van der Waals surface area (Å²) in [5.41, 5.74) is 1.75. The first kappa shape index (κ1) is 18.3. The van der Waals surface area contributed by atoms with E-state index in [2.05, 4.69) is 5.32 Å². The summed E-state index contributed by atoms with van der Waals surface area (Å²) in [4.78, 5) is 14.4. The van der Waals surface area contributed by atoms with Gasteiger partial charge >= 0.3 is 0 Å². The van der Waals surface area contributed by atoms with Gasteiger partial charge < -0.3 is 10.1 Å². The van der Waals surface area contributed by atoms with Crippen LogP contribution in [0.3, 0.4) is 0 Å². The monoisotopic (exact) mass is 346 g/mol. The molecule has 1 N–H and O–H groups in total. The molecule has 1 amide bonds. The maximum atomic E-state index is 12.4. The van der Waals surface area contributed by atoms with Crippen LogP contribution in [0.15, 0.2) is 48.5 Å². The zero-order valence-corrected chi connectivity index (χ0v) is 15.0. The van der Waals surface area contributed by atoms with Gasteiger partial charge in [-0.15, -0.1) is 0 Å². The van der Waals surface area contributed by atoms with Crippen molar-refractivity contribution in [3.05, 3.63) is 59.1 Å². The van der Waals surface area contributed by atoms with E-state index in [-0.39, 0.29) is 11.9 Å². The van der Waals surface area contributed by atoms with Crippen molar-refractivity contribution in [1.29, 1.82) is 0 Å². The van der Waals surface area contributed by atoms with Gasteiger partial charge in [0, 0.05) is 6.54 Å². The van der Waals surface area contributed by atoms with Crippen LogP contribution in [-0.4, -0.2) is 30.5 Å². The van der Waals surface area contributed by atoms with Crippen LogP contribution in [0.1, 0.15) is 19.4 Å². The lowest BCUT2D eigenvalue weighted by atomic mass is 10.1. The van der Waals surface area contributed by atoms with Gasteiger partial charge in [0.1, 0.15) is 5.75 Å². The summed E-state index contributed by atoms with van der Waals surface area (Å²) < 4.78 is 5.44. The third kappa shape index (κ3) is 4.98. The average Bonchev–Trinajstić information content (AvgIpc) is 2.58. The minimum atomic E-state index is -0.284. The van der Waals surface area contributed by atoms with Crippen LogP contribution in [0.4, 0.5) is 5.69 Å². The number of anilines is 1. The van der Waals surface area contributed by atoms with E-state index in [1.165, 1.54) is 0 Å². The first-order valence-electron chi connectivity index (χ1n) is 7.98. The number of carbonyl (C=O) groups is 1. The van der Waals surface area contributed by atoms with E-state index in [4.69, 9.17) is 16.3 Å². The van der Waals surface area contributed by atoms with Crippen molar-refractivity contribution in [1.82, 2.24) is 4.90 Å². The molecule has 0 aliphatic heterocycles. The standard InChI is InChI=1S/C19H23ClN2O2/c1-4-24-16-11-9-15(10-12-16)13-22(3)14(2)19(23)21-18-8-6-5-7-17(18)20/h5-12,14H,4,13H2,1-3H3,(H,21,23)/t14-/m0/s1. The fourth-order valence-corrected chi connectivity index (χ4v) is 2.47. The highest BCUT2D eigenvalue weighted by Crippen LogP contribution is 2.21. The molecule has 5 heteroatoms. The molecule has 0 bridgehead atoms. The fraction of sp³-hybridized carbons (Fsp3) is 0.316. The largest absolute Gasteiger partial charge is 0.494 e. The molecule has 0 unspecified atom stereocenters. The topological polar surface area (TPSA) is 41.6 Å². The predicted molar refractivity (Wildman–Crippen MR) is 98.6 cm³/mol. The number of carbonyl (C=O) groups excluding carboxylic acids is 1. The van der Waals surface area contributed by atoms with E-state index in [0.717, 1.165) is 11.3 Å². The maximum absolute atomic E-state index is 12.4. The molecule has 0 saturated carbocycles. The second-order valence-electron chi connectivity index (χ2n) is 5.64. The van der Waals surface area contributed by atoms with E-state index in [0.29, 0.717) is 23.9 Å². The summed E-state index contributed by atoms with van der Waals surface area (Å²) in [5.74, 6) is 0.768. The van der Waals surface area contributed by atoms with Crippen LogP contribution in [0.5, 0.6) is 5.75 Å². The second kappa shape index (κ2) is 8.71. The molecule has 0 saturated heterocycles. The Kier molecular flexibility index (Phi) is 6.64. The third-order valence-electron chi connectivity index (χ3n) is 3.84. The van der Waals surface area contributed by atoms with Crippen LogP contribution >= 0.6 is 11.6 Å². The number of amides is 1. The number of hydrogen-bond donors (Lipinski definition) is 1. The van der Waals surface area contributed by atoms with E-state index < -0.39 is 0 Å². The van der Waals surface area contributed by atoms with Crippen molar-refractivity contribution < 1.29 is 9.53 Å². The van der Waals surface area contributed by atoms with E-state index >= 15 is 0 Å². The number of rotatable bonds is 7. The minimum absolute atomic E-state index is 0.0865. The van der Waals surface area contributed by atoms with Crippen molar-refractivity contribution in [2.24, 2.45) is 0 Å². The Morgan fingerprint density at radius 1 is 1.21 bits per heavy atom. The number of benzene rings is 2. The lowest BCUT2D eigenvalue weighted by Gasteiger charge is -2.24. The third-order valence-corrected chi connectivity index (χ3v) is 4.17. The highest BCUT2D eigenvalue weighted by Gasteiger charge is 2.19. The summed E-state index contributed by atoms with van der Waals surface area (Å²) in [6.07, 6.45) is 0. The molecule has 0 spiro atoms. The van der Waals surface area contributed by atoms with Crippen molar-refractivity contribution in [2.45, 2.75) is 26.4 Å². The molecule has 0 heterocycles. The number of hydrogen-bond acceptors (Lipinski definition) is 3. The highest BCUT2D eigenvalue weighted by atomic mass is 35.5. The molecular formula is C19H23ClN2O2. The number of likely N-dealkylation sites (N-methyl/N-ethyl adjacent to an activating group) is 1. The number of nitrogens with zero attached hydrogens (tertiary/aromatic N) is 1. The van der Waals surface area contributed by atoms with Gasteiger partial charge in [0.05, 0.1) is 23.4 Å². The molecule has 128 valence electrons. The van der Waals surface area contributed by atoms with E-state index in [1.807, 2.05) is 62.2 Å². The summed E-state index contributed by atoms with van der Waals surface area (Å²) >= 11 is 6.08. The van der Waals surface area contributed by atoms with Gasteiger partial charge in [0.2, 0.25) is 5.91 Å². The Morgan fingerprint density at radius 3 is 2.50 bits per heavy atom. The van der Waals surface area contributed by atoms with Crippen LogP contribution in [0, 0.1) is 0 Å². The van der Waals surface area contributed by atoms with Gasteiger partial charge in [-0.3, -0.25) is 9.69 Å². The van der Waals surface area contributed by atoms with Crippen molar-refractivity contribution >= 4 is 23.2 Å².